The van der Waals surface area contributed by atoms with E-state index in [1.54, 1.807) is 36.7 Å². The molecule has 5 rings (SSSR count). The van der Waals surface area contributed by atoms with E-state index in [1.165, 1.54) is 0 Å². The number of anilines is 1. The average Bonchev–Trinajstić information content (AvgIpc) is 3.34. The summed E-state index contributed by atoms with van der Waals surface area (Å²) in [5.74, 6) is 1.01. The maximum Gasteiger partial charge on any atom is 0.272 e. The number of likely N-dealkylation sites (N-methyl/N-ethyl adjacent to an activating group) is 1. The van der Waals surface area contributed by atoms with Crippen LogP contribution in [0, 0.1) is 3.57 Å². The molecule has 1 amide bonds. The Morgan fingerprint density at radius 2 is 2.18 bits per heavy atom. The molecule has 1 aliphatic rings. The van der Waals surface area contributed by atoms with Gasteiger partial charge >= 0.3 is 0 Å². The van der Waals surface area contributed by atoms with Crippen LogP contribution in [-0.2, 0) is 0 Å². The largest absolute Gasteiger partial charge is 0.491 e. The Morgan fingerprint density at radius 3 is 3.04 bits per heavy atom. The van der Waals surface area contributed by atoms with Crippen LogP contribution in [0.25, 0.3) is 16.6 Å². The summed E-state index contributed by atoms with van der Waals surface area (Å²) >= 11 is 2.24. The van der Waals surface area contributed by atoms with Crippen molar-refractivity contribution in [2.24, 2.45) is 0 Å². The van der Waals surface area contributed by atoms with Gasteiger partial charge in [0.1, 0.15) is 34.9 Å². The third kappa shape index (κ3) is 2.57. The van der Waals surface area contributed by atoms with Gasteiger partial charge in [-0.1, -0.05) is 6.07 Å². The topological polar surface area (TPSA) is 98.6 Å². The van der Waals surface area contributed by atoms with Crippen LogP contribution in [0.15, 0.2) is 43.0 Å². The lowest BCUT2D eigenvalue weighted by Crippen LogP contribution is -2.32. The van der Waals surface area contributed by atoms with Gasteiger partial charge in [-0.2, -0.15) is 0 Å². The molecule has 8 nitrogen and oxygen atoms in total. The van der Waals surface area contributed by atoms with E-state index in [-0.39, 0.29) is 11.9 Å². The van der Waals surface area contributed by atoms with E-state index < -0.39 is 0 Å². The zero-order valence-corrected chi connectivity index (χ0v) is 17.0. The van der Waals surface area contributed by atoms with Gasteiger partial charge in [-0.05, 0) is 40.8 Å². The van der Waals surface area contributed by atoms with Gasteiger partial charge < -0.3 is 15.4 Å². The summed E-state index contributed by atoms with van der Waals surface area (Å²) < 4.78 is 8.68. The number of rotatable bonds is 2. The Morgan fingerprint density at radius 1 is 1.32 bits per heavy atom. The molecule has 1 aliphatic heterocycles. The summed E-state index contributed by atoms with van der Waals surface area (Å²) in [6.07, 6.45) is 4.86. The molecular formula is C19H15IN6O2. The maximum absolute atomic E-state index is 13.1. The molecule has 0 unspecified atom stereocenters. The van der Waals surface area contributed by atoms with Crippen molar-refractivity contribution in [3.8, 4) is 5.75 Å². The Bertz CT molecular complexity index is 1250. The van der Waals surface area contributed by atoms with Crippen molar-refractivity contribution in [1.29, 1.82) is 0 Å². The van der Waals surface area contributed by atoms with E-state index in [9.17, 15) is 4.79 Å². The summed E-state index contributed by atoms with van der Waals surface area (Å²) in [5.41, 5.74) is 9.32. The molecule has 9 heteroatoms. The lowest BCUT2D eigenvalue weighted by molar-refractivity contribution is 0.0703. The molecular weight excluding hydrogens is 471 g/mol. The van der Waals surface area contributed by atoms with Crippen molar-refractivity contribution < 1.29 is 9.53 Å². The smallest absolute Gasteiger partial charge is 0.272 e. The number of pyridine rings is 1. The maximum atomic E-state index is 13.1. The Kier molecular flexibility index (Phi) is 3.86. The normalized spacial score (nSPS) is 15.6. The fraction of sp³-hybridized carbons (Fsp3) is 0.158. The predicted molar refractivity (Wildman–Crippen MR) is 112 cm³/mol. The summed E-state index contributed by atoms with van der Waals surface area (Å²) in [4.78, 5) is 27.6. The van der Waals surface area contributed by atoms with Crippen LogP contribution in [0.4, 0.5) is 5.82 Å². The van der Waals surface area contributed by atoms with Gasteiger partial charge in [0.05, 0.1) is 30.3 Å². The first kappa shape index (κ1) is 17.2. The van der Waals surface area contributed by atoms with Crippen molar-refractivity contribution in [2.45, 2.75) is 6.04 Å². The highest BCUT2D eigenvalue weighted by atomic mass is 127. The molecule has 1 aromatic carbocycles. The zero-order valence-electron chi connectivity index (χ0n) is 14.8. The molecule has 1 atom stereocenters. The van der Waals surface area contributed by atoms with Gasteiger partial charge in [0, 0.05) is 16.2 Å². The minimum absolute atomic E-state index is 0.158. The van der Waals surface area contributed by atoms with E-state index >= 15 is 0 Å². The predicted octanol–water partition coefficient (Wildman–Crippen LogP) is 2.67. The number of nitrogen functional groups attached to an aromatic ring is 1. The quantitative estimate of drug-likeness (QED) is 0.438. The molecule has 0 spiro atoms. The fourth-order valence-corrected chi connectivity index (χ4v) is 3.97. The molecule has 0 radical (unpaired) electrons. The monoisotopic (exact) mass is 486 g/mol. The Balaban J connectivity index is 1.54. The standard InChI is InChI=1S/C19H15IN6O2/c1-25(16-8-28-17-4-10(20)2-3-11(16)17)19(27)12-5-14-13(6-23-12)24-18(21)15-7-22-9-26(14)15/h2-7,9,16H,8H2,1H3,(H2,21,24)/t16-/m1/s1. The van der Waals surface area contributed by atoms with Crippen molar-refractivity contribution >= 4 is 50.9 Å². The fourth-order valence-electron chi connectivity index (χ4n) is 3.51. The lowest BCUT2D eigenvalue weighted by atomic mass is 10.1. The van der Waals surface area contributed by atoms with Gasteiger partial charge in [-0.15, -0.1) is 0 Å². The Labute approximate surface area is 173 Å². The van der Waals surface area contributed by atoms with E-state index in [0.717, 1.165) is 20.4 Å². The van der Waals surface area contributed by atoms with Crippen molar-refractivity contribution in [3.05, 3.63) is 57.8 Å². The lowest BCUT2D eigenvalue weighted by Gasteiger charge is -2.23. The number of amides is 1. The number of aromatic nitrogens is 4. The van der Waals surface area contributed by atoms with Gasteiger partial charge in [-0.25, -0.2) is 15.0 Å². The molecule has 4 aromatic rings. The van der Waals surface area contributed by atoms with Crippen LogP contribution < -0.4 is 10.5 Å². The number of ether oxygens (including phenoxy) is 1. The third-order valence-electron chi connectivity index (χ3n) is 5.00. The minimum Gasteiger partial charge on any atom is -0.491 e. The molecule has 4 heterocycles. The number of hydrogen-bond donors (Lipinski definition) is 1. The third-order valence-corrected chi connectivity index (χ3v) is 5.67. The number of nitrogens with two attached hydrogens (primary N) is 1. The van der Waals surface area contributed by atoms with Gasteiger partial charge in [0.15, 0.2) is 0 Å². The SMILES string of the molecule is CN(C(=O)c1cc2c(cn1)nc(N)c1cncn12)[C@@H]1COc2cc(I)ccc21. The van der Waals surface area contributed by atoms with Crippen LogP contribution >= 0.6 is 22.6 Å². The number of carbonyl (C=O) groups is 1. The molecule has 0 saturated heterocycles. The van der Waals surface area contributed by atoms with E-state index in [1.807, 2.05) is 22.6 Å². The van der Waals surface area contributed by atoms with E-state index in [0.29, 0.717) is 29.2 Å². The molecule has 140 valence electrons. The highest BCUT2D eigenvalue weighted by Gasteiger charge is 2.31. The number of halogens is 1. The first-order valence-corrected chi connectivity index (χ1v) is 9.67. The molecule has 3 aromatic heterocycles. The van der Waals surface area contributed by atoms with Crippen LogP contribution in [0.2, 0.25) is 0 Å². The minimum atomic E-state index is -0.188. The first-order valence-electron chi connectivity index (χ1n) is 8.59. The second-order valence-corrected chi connectivity index (χ2v) is 7.87. The average molecular weight is 486 g/mol. The first-order chi connectivity index (χ1) is 13.5. The van der Waals surface area contributed by atoms with E-state index in [2.05, 4.69) is 37.5 Å². The van der Waals surface area contributed by atoms with Crippen molar-refractivity contribution in [3.63, 3.8) is 0 Å². The Hall–Kier alpha value is -2.95. The van der Waals surface area contributed by atoms with E-state index in [4.69, 9.17) is 10.5 Å². The summed E-state index contributed by atoms with van der Waals surface area (Å²) in [6.45, 7) is 0.426. The summed E-state index contributed by atoms with van der Waals surface area (Å²) in [6, 6.07) is 7.57. The number of hydrogen-bond acceptors (Lipinski definition) is 6. The van der Waals surface area contributed by atoms with Crippen molar-refractivity contribution in [1.82, 2.24) is 24.3 Å². The van der Waals surface area contributed by atoms with Gasteiger partial charge in [0.2, 0.25) is 0 Å². The second-order valence-electron chi connectivity index (χ2n) is 6.63. The number of benzene rings is 1. The zero-order chi connectivity index (χ0) is 19.4. The molecule has 0 bridgehead atoms. The molecule has 28 heavy (non-hydrogen) atoms. The van der Waals surface area contributed by atoms with Crippen LogP contribution in [-0.4, -0.2) is 43.8 Å². The van der Waals surface area contributed by atoms with Crippen LogP contribution in [0.1, 0.15) is 22.1 Å². The molecule has 0 fully saturated rings. The number of fused-ring (bicyclic) bond motifs is 4. The highest BCUT2D eigenvalue weighted by Crippen LogP contribution is 2.37. The number of nitrogens with zero attached hydrogens (tertiary/aromatic N) is 5. The number of imidazole rings is 1. The summed E-state index contributed by atoms with van der Waals surface area (Å²) in [7, 11) is 1.77. The highest BCUT2D eigenvalue weighted by molar-refractivity contribution is 14.1. The molecule has 0 saturated carbocycles. The summed E-state index contributed by atoms with van der Waals surface area (Å²) in [5, 5.41) is 0. The number of carbonyl (C=O) groups excluding carboxylic acids is 1. The van der Waals surface area contributed by atoms with Gasteiger partial charge in [-0.3, -0.25) is 9.20 Å². The van der Waals surface area contributed by atoms with Crippen LogP contribution in [0.3, 0.4) is 0 Å². The molecule has 2 N–H and O–H groups in total. The van der Waals surface area contributed by atoms with Crippen molar-refractivity contribution in [2.75, 3.05) is 19.4 Å². The van der Waals surface area contributed by atoms with Gasteiger partial charge in [0.25, 0.3) is 5.91 Å². The van der Waals surface area contributed by atoms with Crippen LogP contribution in [0.5, 0.6) is 5.75 Å². The molecule has 0 aliphatic carbocycles. The second kappa shape index (κ2) is 6.30.